The van der Waals surface area contributed by atoms with Gasteiger partial charge in [0, 0.05) is 35.6 Å². The molecular formula is C14H15N3OS. The van der Waals surface area contributed by atoms with E-state index in [4.69, 9.17) is 0 Å². The zero-order valence-electron chi connectivity index (χ0n) is 10.8. The molecule has 0 saturated heterocycles. The molecular weight excluding hydrogens is 258 g/mol. The van der Waals surface area contributed by atoms with E-state index < -0.39 is 0 Å². The van der Waals surface area contributed by atoms with E-state index in [0.29, 0.717) is 0 Å². The lowest BCUT2D eigenvalue weighted by Gasteiger charge is -2.05. The summed E-state index contributed by atoms with van der Waals surface area (Å²) in [6.45, 7) is 1.50. The van der Waals surface area contributed by atoms with Crippen LogP contribution in [0.5, 0.6) is 0 Å². The zero-order valence-corrected chi connectivity index (χ0v) is 11.6. The van der Waals surface area contributed by atoms with Gasteiger partial charge in [0.1, 0.15) is 5.82 Å². The first-order valence-corrected chi connectivity index (χ1v) is 6.68. The van der Waals surface area contributed by atoms with Crippen molar-refractivity contribution in [2.75, 3.05) is 17.7 Å². The molecule has 0 aliphatic heterocycles. The van der Waals surface area contributed by atoms with Gasteiger partial charge < -0.3 is 10.6 Å². The quantitative estimate of drug-likeness (QED) is 0.898. The Morgan fingerprint density at radius 2 is 1.89 bits per heavy atom. The van der Waals surface area contributed by atoms with Crippen LogP contribution in [-0.4, -0.2) is 17.9 Å². The number of hydrogen-bond acceptors (Lipinski definition) is 4. The van der Waals surface area contributed by atoms with Crippen LogP contribution in [0.1, 0.15) is 6.92 Å². The van der Waals surface area contributed by atoms with Crippen molar-refractivity contribution >= 4 is 29.2 Å². The Balaban J connectivity index is 2.08. The fourth-order valence-electron chi connectivity index (χ4n) is 1.56. The van der Waals surface area contributed by atoms with Crippen LogP contribution in [0.2, 0.25) is 0 Å². The van der Waals surface area contributed by atoms with Crippen LogP contribution < -0.4 is 10.6 Å². The highest BCUT2D eigenvalue weighted by molar-refractivity contribution is 7.99. The zero-order chi connectivity index (χ0) is 13.7. The number of aromatic nitrogens is 1. The second-order valence-electron chi connectivity index (χ2n) is 3.93. The molecule has 2 rings (SSSR count). The fraction of sp³-hybridized carbons (Fsp3) is 0.143. The summed E-state index contributed by atoms with van der Waals surface area (Å²) in [5.41, 5.74) is 0.808. The molecule has 19 heavy (non-hydrogen) atoms. The summed E-state index contributed by atoms with van der Waals surface area (Å²) in [5.74, 6) is 0.785. The molecule has 1 heterocycles. The minimum absolute atomic E-state index is 0.0619. The van der Waals surface area contributed by atoms with Gasteiger partial charge in [-0.1, -0.05) is 11.8 Å². The third-order valence-corrected chi connectivity index (χ3v) is 3.40. The smallest absolute Gasteiger partial charge is 0.221 e. The summed E-state index contributed by atoms with van der Waals surface area (Å²) in [6, 6.07) is 11.7. The van der Waals surface area contributed by atoms with E-state index in [1.807, 2.05) is 43.4 Å². The molecule has 0 spiro atoms. The molecule has 98 valence electrons. The number of carbonyl (C=O) groups excluding carboxylic acids is 1. The summed E-state index contributed by atoms with van der Waals surface area (Å²) in [4.78, 5) is 17.3. The van der Waals surface area contributed by atoms with Crippen LogP contribution in [-0.2, 0) is 4.79 Å². The van der Waals surface area contributed by atoms with E-state index in [0.717, 1.165) is 21.3 Å². The largest absolute Gasteiger partial charge is 0.373 e. The second kappa shape index (κ2) is 6.24. The summed E-state index contributed by atoms with van der Waals surface area (Å²) in [7, 11) is 1.85. The summed E-state index contributed by atoms with van der Waals surface area (Å²) < 4.78 is 0. The Hall–Kier alpha value is -2.01. The first kappa shape index (κ1) is 13.4. The number of nitrogens with one attached hydrogen (secondary N) is 2. The summed E-state index contributed by atoms with van der Waals surface area (Å²) in [6.07, 6.45) is 1.78. The molecule has 0 radical (unpaired) electrons. The maximum absolute atomic E-state index is 10.9. The number of rotatable bonds is 4. The van der Waals surface area contributed by atoms with Gasteiger partial charge in [0.2, 0.25) is 5.91 Å². The number of hydrogen-bond donors (Lipinski definition) is 2. The molecule has 4 nitrogen and oxygen atoms in total. The van der Waals surface area contributed by atoms with Crippen molar-refractivity contribution in [2.45, 2.75) is 16.7 Å². The first-order chi connectivity index (χ1) is 9.17. The Morgan fingerprint density at radius 3 is 2.53 bits per heavy atom. The highest BCUT2D eigenvalue weighted by atomic mass is 32.2. The average Bonchev–Trinajstić information content (AvgIpc) is 2.41. The van der Waals surface area contributed by atoms with Gasteiger partial charge in [0.25, 0.3) is 0 Å². The van der Waals surface area contributed by atoms with Crippen molar-refractivity contribution < 1.29 is 4.79 Å². The standard InChI is InChI=1S/C14H15N3OS/c1-10(18)17-11-3-5-12(6-4-11)19-13-7-8-16-14(9-13)15-2/h3-9H,1-2H3,(H,15,16)(H,17,18). The van der Waals surface area contributed by atoms with Gasteiger partial charge in [-0.3, -0.25) is 4.79 Å². The molecule has 1 aromatic heterocycles. The molecule has 5 heteroatoms. The van der Waals surface area contributed by atoms with Gasteiger partial charge in [0.15, 0.2) is 0 Å². The molecule has 0 aliphatic rings. The molecule has 2 aromatic rings. The van der Waals surface area contributed by atoms with Crippen LogP contribution in [0, 0.1) is 0 Å². The van der Waals surface area contributed by atoms with Crippen molar-refractivity contribution in [1.29, 1.82) is 0 Å². The number of anilines is 2. The van der Waals surface area contributed by atoms with Crippen molar-refractivity contribution in [3.05, 3.63) is 42.6 Å². The molecule has 2 N–H and O–H groups in total. The lowest BCUT2D eigenvalue weighted by Crippen LogP contribution is -2.05. The first-order valence-electron chi connectivity index (χ1n) is 5.86. The van der Waals surface area contributed by atoms with Crippen LogP contribution in [0.25, 0.3) is 0 Å². The second-order valence-corrected chi connectivity index (χ2v) is 5.08. The number of pyridine rings is 1. The molecule has 0 saturated carbocycles. The van der Waals surface area contributed by atoms with Crippen molar-refractivity contribution in [2.24, 2.45) is 0 Å². The van der Waals surface area contributed by atoms with Crippen molar-refractivity contribution in [3.8, 4) is 0 Å². The van der Waals surface area contributed by atoms with Gasteiger partial charge in [-0.25, -0.2) is 4.98 Å². The molecule has 1 amide bonds. The van der Waals surface area contributed by atoms with Crippen molar-refractivity contribution in [1.82, 2.24) is 4.98 Å². The number of amides is 1. The maximum atomic E-state index is 10.9. The van der Waals surface area contributed by atoms with Crippen LogP contribution in [0.4, 0.5) is 11.5 Å². The topological polar surface area (TPSA) is 54.0 Å². The van der Waals surface area contributed by atoms with Crippen molar-refractivity contribution in [3.63, 3.8) is 0 Å². The third-order valence-electron chi connectivity index (χ3n) is 2.40. The Morgan fingerprint density at radius 1 is 1.16 bits per heavy atom. The number of carbonyl (C=O) groups is 1. The van der Waals surface area contributed by atoms with Gasteiger partial charge in [-0.15, -0.1) is 0 Å². The summed E-state index contributed by atoms with van der Waals surface area (Å²) in [5, 5.41) is 5.76. The third kappa shape index (κ3) is 3.99. The van der Waals surface area contributed by atoms with E-state index in [-0.39, 0.29) is 5.91 Å². The van der Waals surface area contributed by atoms with Crippen LogP contribution >= 0.6 is 11.8 Å². The highest BCUT2D eigenvalue weighted by Crippen LogP contribution is 2.29. The minimum atomic E-state index is -0.0619. The van der Waals surface area contributed by atoms with Crippen LogP contribution in [0.15, 0.2) is 52.4 Å². The predicted octanol–water partition coefficient (Wildman–Crippen LogP) is 3.23. The lowest BCUT2D eigenvalue weighted by atomic mass is 10.3. The molecule has 0 bridgehead atoms. The lowest BCUT2D eigenvalue weighted by molar-refractivity contribution is -0.114. The monoisotopic (exact) mass is 273 g/mol. The van der Waals surface area contributed by atoms with Gasteiger partial charge >= 0.3 is 0 Å². The highest BCUT2D eigenvalue weighted by Gasteiger charge is 2.00. The van der Waals surface area contributed by atoms with E-state index in [1.165, 1.54) is 6.92 Å². The minimum Gasteiger partial charge on any atom is -0.373 e. The number of benzene rings is 1. The Kier molecular flexibility index (Phi) is 4.41. The maximum Gasteiger partial charge on any atom is 0.221 e. The predicted molar refractivity (Wildman–Crippen MR) is 78.7 cm³/mol. The van der Waals surface area contributed by atoms with Gasteiger partial charge in [-0.2, -0.15) is 0 Å². The van der Waals surface area contributed by atoms with E-state index in [1.54, 1.807) is 18.0 Å². The molecule has 0 atom stereocenters. The van der Waals surface area contributed by atoms with Gasteiger partial charge in [-0.05, 0) is 36.4 Å². The molecule has 0 aliphatic carbocycles. The Labute approximate surface area is 116 Å². The average molecular weight is 273 g/mol. The Bertz CT molecular complexity index is 569. The fourth-order valence-corrected chi connectivity index (χ4v) is 2.40. The normalized spacial score (nSPS) is 10.0. The molecule has 1 aromatic carbocycles. The van der Waals surface area contributed by atoms with E-state index in [2.05, 4.69) is 15.6 Å². The number of nitrogens with zero attached hydrogens (tertiary/aromatic N) is 1. The summed E-state index contributed by atoms with van der Waals surface area (Å²) >= 11 is 1.65. The SMILES string of the molecule is CNc1cc(Sc2ccc(NC(C)=O)cc2)ccn1. The van der Waals surface area contributed by atoms with Gasteiger partial charge in [0.05, 0.1) is 0 Å². The molecule has 0 unspecified atom stereocenters. The van der Waals surface area contributed by atoms with E-state index >= 15 is 0 Å². The van der Waals surface area contributed by atoms with E-state index in [9.17, 15) is 4.79 Å². The van der Waals surface area contributed by atoms with Crippen LogP contribution in [0.3, 0.4) is 0 Å². The molecule has 0 fully saturated rings.